The molecule has 0 aliphatic carbocycles. The molecule has 2 saturated heterocycles. The molecule has 34 heavy (non-hydrogen) atoms. The fraction of sp³-hybridized carbons (Fsp3) is 0.370. The summed E-state index contributed by atoms with van der Waals surface area (Å²) in [5.74, 6) is 1.92. The fourth-order valence-electron chi connectivity index (χ4n) is 5.57. The lowest BCUT2D eigenvalue weighted by molar-refractivity contribution is -0.117. The quantitative estimate of drug-likeness (QED) is 0.404. The number of carbonyl (C=O) groups excluding carboxylic acids is 1. The van der Waals surface area contributed by atoms with Crippen LogP contribution in [0.15, 0.2) is 53.1 Å². The Morgan fingerprint density at radius 3 is 2.53 bits per heavy atom. The summed E-state index contributed by atoms with van der Waals surface area (Å²) in [5.41, 5.74) is 5.91. The van der Waals surface area contributed by atoms with E-state index >= 15 is 0 Å². The van der Waals surface area contributed by atoms with Crippen LogP contribution >= 0.6 is 0 Å². The van der Waals surface area contributed by atoms with Gasteiger partial charge in [0, 0.05) is 36.9 Å². The number of anilines is 1. The summed E-state index contributed by atoms with van der Waals surface area (Å²) in [6.07, 6.45) is 3.17. The molecule has 6 rings (SSSR count). The molecule has 0 saturated carbocycles. The lowest BCUT2D eigenvalue weighted by Crippen LogP contribution is -2.30. The van der Waals surface area contributed by atoms with E-state index in [0.717, 1.165) is 77.6 Å². The smallest absolute Gasteiger partial charge is 0.227 e. The van der Waals surface area contributed by atoms with Crippen LogP contribution in [0, 0.1) is 13.8 Å². The first-order valence-electron chi connectivity index (χ1n) is 12.0. The molecule has 2 aromatic carbocycles. The van der Waals surface area contributed by atoms with Gasteiger partial charge in [-0.2, -0.15) is 0 Å². The molecule has 1 atom stereocenters. The molecule has 2 aromatic heterocycles. The second-order valence-electron chi connectivity index (χ2n) is 9.24. The number of para-hydroxylation sites is 1. The van der Waals surface area contributed by atoms with E-state index in [-0.39, 0.29) is 11.9 Å². The minimum atomic E-state index is -0.0901. The Morgan fingerprint density at radius 1 is 1.00 bits per heavy atom. The van der Waals surface area contributed by atoms with Gasteiger partial charge in [-0.3, -0.25) is 4.79 Å². The van der Waals surface area contributed by atoms with Gasteiger partial charge in [0.1, 0.15) is 11.6 Å². The van der Waals surface area contributed by atoms with Crippen LogP contribution < -0.4 is 4.90 Å². The molecule has 1 unspecified atom stereocenters. The zero-order valence-electron chi connectivity index (χ0n) is 19.5. The Bertz CT molecular complexity index is 1330. The molecular formula is C27H28N4O3. The van der Waals surface area contributed by atoms with Crippen LogP contribution in [-0.2, 0) is 9.53 Å². The maximum absolute atomic E-state index is 13.0. The van der Waals surface area contributed by atoms with Crippen LogP contribution in [-0.4, -0.2) is 33.8 Å². The second kappa shape index (κ2) is 8.40. The molecule has 7 nitrogen and oxygen atoms in total. The summed E-state index contributed by atoms with van der Waals surface area (Å²) in [6.45, 7) is 5.39. The third kappa shape index (κ3) is 3.42. The highest BCUT2D eigenvalue weighted by Gasteiger charge is 2.38. The molecular weight excluding hydrogens is 428 g/mol. The number of hydrogen-bond donors (Lipinski definition) is 0. The van der Waals surface area contributed by atoms with E-state index in [1.807, 2.05) is 49.1 Å². The van der Waals surface area contributed by atoms with Gasteiger partial charge in [0.2, 0.25) is 5.91 Å². The van der Waals surface area contributed by atoms with E-state index < -0.39 is 0 Å². The largest absolute Gasteiger partial charge is 0.381 e. The first kappa shape index (κ1) is 21.1. The first-order chi connectivity index (χ1) is 16.6. The van der Waals surface area contributed by atoms with Gasteiger partial charge in [-0.25, -0.2) is 4.98 Å². The number of aryl methyl sites for hydroxylation is 2. The van der Waals surface area contributed by atoms with Crippen molar-refractivity contribution in [3.05, 3.63) is 65.8 Å². The Hall–Kier alpha value is -3.45. The van der Waals surface area contributed by atoms with E-state index in [1.165, 1.54) is 0 Å². The van der Waals surface area contributed by atoms with Crippen LogP contribution in [0.3, 0.4) is 0 Å². The molecule has 0 spiro atoms. The van der Waals surface area contributed by atoms with Crippen molar-refractivity contribution in [2.45, 2.75) is 51.6 Å². The number of ether oxygens (including phenoxy) is 1. The minimum Gasteiger partial charge on any atom is -0.381 e. The fourth-order valence-corrected chi connectivity index (χ4v) is 5.57. The van der Waals surface area contributed by atoms with Crippen LogP contribution in [0.5, 0.6) is 0 Å². The number of aromatic nitrogens is 3. The monoisotopic (exact) mass is 456 g/mol. The van der Waals surface area contributed by atoms with Crippen molar-refractivity contribution in [2.75, 3.05) is 18.1 Å². The third-order valence-electron chi connectivity index (χ3n) is 7.14. The Labute approximate surface area is 198 Å². The molecule has 7 heteroatoms. The molecule has 2 fully saturated rings. The van der Waals surface area contributed by atoms with Crippen molar-refractivity contribution in [3.8, 4) is 11.1 Å². The summed E-state index contributed by atoms with van der Waals surface area (Å²) in [5, 5.41) is 4.13. The minimum absolute atomic E-state index is 0.0901. The highest BCUT2D eigenvalue weighted by molar-refractivity contribution is 5.96. The number of amides is 1. The number of rotatable bonds is 4. The molecule has 1 amide bonds. The molecule has 0 radical (unpaired) electrons. The highest BCUT2D eigenvalue weighted by atomic mass is 16.5. The predicted octanol–water partition coefficient (Wildman–Crippen LogP) is 5.53. The van der Waals surface area contributed by atoms with E-state index in [2.05, 4.69) is 27.9 Å². The van der Waals surface area contributed by atoms with Crippen molar-refractivity contribution in [1.29, 1.82) is 0 Å². The Balaban J connectivity index is 1.51. The lowest BCUT2D eigenvalue weighted by Gasteiger charge is -2.30. The zero-order chi connectivity index (χ0) is 23.2. The maximum atomic E-state index is 13.0. The Kier molecular flexibility index (Phi) is 5.21. The van der Waals surface area contributed by atoms with Gasteiger partial charge < -0.3 is 18.7 Å². The number of imidazole rings is 1. The zero-order valence-corrected chi connectivity index (χ0v) is 19.5. The third-order valence-corrected chi connectivity index (χ3v) is 7.14. The van der Waals surface area contributed by atoms with Crippen LogP contribution in [0.2, 0.25) is 0 Å². The van der Waals surface area contributed by atoms with Crippen molar-refractivity contribution >= 4 is 22.6 Å². The van der Waals surface area contributed by atoms with Gasteiger partial charge >= 0.3 is 0 Å². The van der Waals surface area contributed by atoms with E-state index in [1.54, 1.807) is 0 Å². The first-order valence-corrected chi connectivity index (χ1v) is 12.0. The Morgan fingerprint density at radius 2 is 1.79 bits per heavy atom. The number of hydrogen-bond acceptors (Lipinski definition) is 5. The standard InChI is InChI=1S/C27H28N4O3/c1-17-26(18(2)34-29-17)19-8-9-23-22(16-19)28-27(31(23)21-12-14-33-15-13-21)24-10-11-25(32)30(24)20-6-4-3-5-7-20/h3-9,16,21,24H,10-15H2,1-2H3. The molecule has 4 heterocycles. The van der Waals surface area contributed by atoms with E-state index in [4.69, 9.17) is 14.2 Å². The van der Waals surface area contributed by atoms with E-state index in [9.17, 15) is 4.79 Å². The topological polar surface area (TPSA) is 73.4 Å². The second-order valence-corrected chi connectivity index (χ2v) is 9.24. The number of fused-ring (bicyclic) bond motifs is 1. The SMILES string of the molecule is Cc1noc(C)c1-c1ccc2c(c1)nc(C1CCC(=O)N1c1ccccc1)n2C1CCOCC1. The molecule has 0 N–H and O–H groups in total. The molecule has 174 valence electrons. The molecule has 2 aliphatic heterocycles. The summed E-state index contributed by atoms with van der Waals surface area (Å²) in [7, 11) is 0. The average molecular weight is 457 g/mol. The lowest BCUT2D eigenvalue weighted by atomic mass is 10.0. The molecule has 2 aliphatic rings. The van der Waals surface area contributed by atoms with Crippen molar-refractivity contribution in [1.82, 2.24) is 14.7 Å². The number of carbonyl (C=O) groups is 1. The average Bonchev–Trinajstić information content (AvgIpc) is 3.53. The van der Waals surface area contributed by atoms with Crippen LogP contribution in [0.4, 0.5) is 5.69 Å². The van der Waals surface area contributed by atoms with E-state index in [0.29, 0.717) is 12.5 Å². The van der Waals surface area contributed by atoms with Gasteiger partial charge in [0.15, 0.2) is 0 Å². The molecule has 0 bridgehead atoms. The number of benzene rings is 2. The van der Waals surface area contributed by atoms with Gasteiger partial charge in [0.05, 0.1) is 22.8 Å². The molecule has 4 aromatic rings. The van der Waals surface area contributed by atoms with Crippen molar-refractivity contribution in [3.63, 3.8) is 0 Å². The van der Waals surface area contributed by atoms with Crippen molar-refractivity contribution < 1.29 is 14.1 Å². The van der Waals surface area contributed by atoms with Gasteiger partial charge in [-0.1, -0.05) is 29.4 Å². The summed E-state index contributed by atoms with van der Waals surface area (Å²) in [6, 6.07) is 16.6. The van der Waals surface area contributed by atoms with Gasteiger partial charge in [-0.05, 0) is 62.9 Å². The van der Waals surface area contributed by atoms with Gasteiger partial charge in [0.25, 0.3) is 0 Å². The summed E-state index contributed by atoms with van der Waals surface area (Å²) < 4.78 is 13.5. The highest BCUT2D eigenvalue weighted by Crippen LogP contribution is 2.41. The summed E-state index contributed by atoms with van der Waals surface area (Å²) in [4.78, 5) is 20.1. The van der Waals surface area contributed by atoms with Crippen LogP contribution in [0.1, 0.15) is 55.0 Å². The normalized spacial score (nSPS) is 19.4. The summed E-state index contributed by atoms with van der Waals surface area (Å²) >= 11 is 0. The maximum Gasteiger partial charge on any atom is 0.227 e. The van der Waals surface area contributed by atoms with Crippen molar-refractivity contribution in [2.24, 2.45) is 0 Å². The van der Waals surface area contributed by atoms with Gasteiger partial charge in [-0.15, -0.1) is 0 Å². The van der Waals surface area contributed by atoms with Crippen LogP contribution in [0.25, 0.3) is 22.2 Å². The predicted molar refractivity (Wildman–Crippen MR) is 130 cm³/mol. The number of nitrogens with zero attached hydrogens (tertiary/aromatic N) is 4.